The minimum absolute atomic E-state index is 0.0556. The molecule has 0 aromatic heterocycles. The van der Waals surface area contributed by atoms with E-state index in [9.17, 15) is 8.78 Å². The lowest BCUT2D eigenvalue weighted by molar-refractivity contribution is -0.335. The van der Waals surface area contributed by atoms with Gasteiger partial charge in [0.1, 0.15) is 0 Å². The zero-order valence-electron chi connectivity index (χ0n) is 6.80. The van der Waals surface area contributed by atoms with Crippen molar-refractivity contribution in [3.8, 4) is 0 Å². The van der Waals surface area contributed by atoms with Crippen LogP contribution in [0, 0.1) is 0 Å². The quantitative estimate of drug-likeness (QED) is 0.631. The Morgan fingerprint density at radius 3 is 2.31 bits per heavy atom. The third-order valence-corrected chi connectivity index (χ3v) is 1.27. The maximum absolute atomic E-state index is 12.5. The highest BCUT2D eigenvalue weighted by Gasteiger charge is 2.43. The van der Waals surface area contributed by atoms with E-state index in [2.05, 4.69) is 22.6 Å². The predicted octanol–water partition coefficient (Wildman–Crippen LogP) is 2.72. The van der Waals surface area contributed by atoms with Crippen molar-refractivity contribution in [2.75, 3.05) is 0 Å². The smallest absolute Gasteiger partial charge is 0.395 e. The Balaban J connectivity index is 2.86. The van der Waals surface area contributed by atoms with E-state index < -0.39 is 6.29 Å². The minimum atomic E-state index is -3.59. The highest BCUT2D eigenvalue weighted by Crippen LogP contribution is 2.34. The molecule has 1 aliphatic rings. The summed E-state index contributed by atoms with van der Waals surface area (Å²) >= 11 is 0. The maximum atomic E-state index is 12.5. The number of hydrogen-bond donors (Lipinski definition) is 0. The number of alkyl halides is 2. The summed E-state index contributed by atoms with van der Waals surface area (Å²) in [6.07, 6.45) is 1.79. The van der Waals surface area contributed by atoms with Gasteiger partial charge in [0.15, 0.2) is 11.5 Å². The monoisotopic (exact) mass is 186 g/mol. The van der Waals surface area contributed by atoms with Crippen LogP contribution < -0.4 is 0 Å². The lowest BCUT2D eigenvalue weighted by Crippen LogP contribution is -2.16. The van der Waals surface area contributed by atoms with Gasteiger partial charge in [-0.2, -0.15) is 0 Å². The van der Waals surface area contributed by atoms with E-state index >= 15 is 0 Å². The van der Waals surface area contributed by atoms with Crippen molar-refractivity contribution in [2.45, 2.75) is 6.29 Å². The van der Waals surface area contributed by atoms with Gasteiger partial charge < -0.3 is 9.47 Å². The molecule has 0 bridgehead atoms. The fourth-order valence-electron chi connectivity index (χ4n) is 0.791. The minimum Gasteiger partial charge on any atom is -0.395 e. The average Bonchev–Trinajstić information content (AvgIpc) is 2.37. The summed E-state index contributed by atoms with van der Waals surface area (Å²) in [6.45, 7) is 6.70. The predicted molar refractivity (Wildman–Crippen MR) is 43.7 cm³/mol. The number of halogens is 2. The van der Waals surface area contributed by atoms with Gasteiger partial charge in [-0.3, -0.25) is 0 Å². The van der Waals surface area contributed by atoms with E-state index in [-0.39, 0.29) is 11.5 Å². The fraction of sp³-hybridized carbons (Fsp3) is 0.111. The van der Waals surface area contributed by atoms with Crippen LogP contribution in [0.15, 0.2) is 49.0 Å². The van der Waals surface area contributed by atoms with Gasteiger partial charge >= 0.3 is 6.29 Å². The molecule has 2 nitrogen and oxygen atoms in total. The van der Waals surface area contributed by atoms with Crippen LogP contribution in [-0.4, -0.2) is 6.29 Å². The molecule has 0 amide bonds. The van der Waals surface area contributed by atoms with Crippen molar-refractivity contribution in [1.82, 2.24) is 0 Å². The van der Waals surface area contributed by atoms with Gasteiger partial charge in [0.2, 0.25) is 0 Å². The van der Waals surface area contributed by atoms with Crippen LogP contribution in [0.4, 0.5) is 8.78 Å². The van der Waals surface area contributed by atoms with Crippen molar-refractivity contribution in [3.05, 3.63) is 49.0 Å². The Bertz CT molecular complexity index is 290. The summed E-state index contributed by atoms with van der Waals surface area (Å²) in [7, 11) is 0. The first-order valence-corrected chi connectivity index (χ1v) is 3.50. The molecule has 0 spiro atoms. The molecule has 0 unspecified atom stereocenters. The second-order valence-electron chi connectivity index (χ2n) is 2.19. The van der Waals surface area contributed by atoms with E-state index in [1.807, 2.05) is 0 Å². The van der Waals surface area contributed by atoms with Gasteiger partial charge in [0, 0.05) is 0 Å². The highest BCUT2D eigenvalue weighted by molar-refractivity contribution is 5.27. The van der Waals surface area contributed by atoms with Crippen LogP contribution in [0.5, 0.6) is 0 Å². The molecule has 70 valence electrons. The molecule has 13 heavy (non-hydrogen) atoms. The number of rotatable bonds is 3. The van der Waals surface area contributed by atoms with Gasteiger partial charge in [0.05, 0.1) is 0 Å². The molecule has 0 N–H and O–H groups in total. The van der Waals surface area contributed by atoms with Crippen LogP contribution in [-0.2, 0) is 9.47 Å². The standard InChI is InChI=1S/C9H8F2O2/c1-3-5-6-8-7(4-2)12-9(10,11)13-8/h3-6H,1-2H2/b6-5-. The highest BCUT2D eigenvalue weighted by atomic mass is 19.3. The molecule has 0 atom stereocenters. The Kier molecular flexibility index (Phi) is 2.51. The summed E-state index contributed by atoms with van der Waals surface area (Å²) in [6, 6.07) is 0. The topological polar surface area (TPSA) is 18.5 Å². The lowest BCUT2D eigenvalue weighted by Gasteiger charge is -2.06. The Hall–Kier alpha value is -1.58. The molecule has 0 aliphatic carbocycles. The van der Waals surface area contributed by atoms with Crippen LogP contribution >= 0.6 is 0 Å². The average molecular weight is 186 g/mol. The van der Waals surface area contributed by atoms with E-state index in [1.165, 1.54) is 18.2 Å². The maximum Gasteiger partial charge on any atom is 0.586 e. The summed E-state index contributed by atoms with van der Waals surface area (Å²) in [5, 5.41) is 0. The third kappa shape index (κ3) is 2.18. The second-order valence-corrected chi connectivity index (χ2v) is 2.19. The Morgan fingerprint density at radius 1 is 1.15 bits per heavy atom. The summed E-state index contributed by atoms with van der Waals surface area (Å²) < 4.78 is 33.2. The fourth-order valence-corrected chi connectivity index (χ4v) is 0.791. The molecule has 0 aromatic rings. The number of allylic oxidation sites excluding steroid dienone is 4. The van der Waals surface area contributed by atoms with Crippen LogP contribution in [0.3, 0.4) is 0 Å². The molecule has 0 radical (unpaired) electrons. The molecule has 0 fully saturated rings. The second kappa shape index (κ2) is 3.43. The Morgan fingerprint density at radius 2 is 1.77 bits per heavy atom. The molecule has 1 aliphatic heterocycles. The van der Waals surface area contributed by atoms with Gasteiger partial charge in [-0.05, 0) is 12.2 Å². The van der Waals surface area contributed by atoms with Crippen molar-refractivity contribution >= 4 is 0 Å². The molecular formula is C9H8F2O2. The SMILES string of the molecule is C=C/C=C\C1=C(C=C)OC(F)(F)O1. The molecule has 1 heterocycles. The van der Waals surface area contributed by atoms with Crippen LogP contribution in [0.25, 0.3) is 0 Å². The van der Waals surface area contributed by atoms with Gasteiger partial charge in [-0.25, -0.2) is 0 Å². The first kappa shape index (κ1) is 9.51. The van der Waals surface area contributed by atoms with E-state index in [4.69, 9.17) is 0 Å². The summed E-state index contributed by atoms with van der Waals surface area (Å²) in [4.78, 5) is 0. The molecule has 0 saturated carbocycles. The van der Waals surface area contributed by atoms with Crippen molar-refractivity contribution < 1.29 is 18.3 Å². The van der Waals surface area contributed by atoms with Gasteiger partial charge in [-0.15, -0.1) is 8.78 Å². The van der Waals surface area contributed by atoms with Crippen LogP contribution in [0.1, 0.15) is 0 Å². The lowest BCUT2D eigenvalue weighted by atomic mass is 10.3. The summed E-state index contributed by atoms with van der Waals surface area (Å²) in [5.74, 6) is -0.136. The first-order valence-electron chi connectivity index (χ1n) is 3.50. The molecule has 0 aromatic carbocycles. The van der Waals surface area contributed by atoms with Gasteiger partial charge in [-0.1, -0.05) is 25.3 Å². The van der Waals surface area contributed by atoms with E-state index in [1.54, 1.807) is 0 Å². The molecule has 1 rings (SSSR count). The van der Waals surface area contributed by atoms with Crippen molar-refractivity contribution in [1.29, 1.82) is 0 Å². The van der Waals surface area contributed by atoms with Crippen LogP contribution in [0.2, 0.25) is 0 Å². The molecular weight excluding hydrogens is 178 g/mol. The third-order valence-electron chi connectivity index (χ3n) is 1.27. The van der Waals surface area contributed by atoms with E-state index in [0.717, 1.165) is 6.08 Å². The van der Waals surface area contributed by atoms with E-state index in [0.29, 0.717) is 0 Å². The number of ether oxygens (including phenoxy) is 2. The Labute approximate surface area is 74.5 Å². The van der Waals surface area contributed by atoms with Crippen molar-refractivity contribution in [2.24, 2.45) is 0 Å². The zero-order chi connectivity index (χ0) is 9.90. The van der Waals surface area contributed by atoms with Crippen molar-refractivity contribution in [3.63, 3.8) is 0 Å². The zero-order valence-corrected chi connectivity index (χ0v) is 6.80. The first-order chi connectivity index (χ1) is 6.09. The summed E-state index contributed by atoms with van der Waals surface area (Å²) in [5.41, 5.74) is 0. The molecule has 0 saturated heterocycles. The van der Waals surface area contributed by atoms with Gasteiger partial charge in [0.25, 0.3) is 0 Å². The molecule has 4 heteroatoms. The number of hydrogen-bond acceptors (Lipinski definition) is 2. The largest absolute Gasteiger partial charge is 0.586 e. The normalized spacial score (nSPS) is 19.8.